The molecule has 110 valence electrons. The van der Waals surface area contributed by atoms with Crippen LogP contribution in [-0.4, -0.2) is 16.9 Å². The van der Waals surface area contributed by atoms with E-state index in [1.807, 2.05) is 32.0 Å². The molecule has 0 spiro atoms. The lowest BCUT2D eigenvalue weighted by atomic mass is 10.1. The second kappa shape index (κ2) is 6.85. The van der Waals surface area contributed by atoms with Crippen LogP contribution in [-0.2, 0) is 6.42 Å². The summed E-state index contributed by atoms with van der Waals surface area (Å²) in [5.74, 6) is 5.70. The molecule has 5 heteroatoms. The van der Waals surface area contributed by atoms with E-state index in [9.17, 15) is 4.79 Å². The Morgan fingerprint density at radius 2 is 2.00 bits per heavy atom. The zero-order valence-corrected chi connectivity index (χ0v) is 12.3. The van der Waals surface area contributed by atoms with Crippen molar-refractivity contribution in [2.24, 2.45) is 5.84 Å². The van der Waals surface area contributed by atoms with Gasteiger partial charge in [-0.1, -0.05) is 30.3 Å². The number of pyridine rings is 1. The van der Waals surface area contributed by atoms with E-state index in [0.29, 0.717) is 11.4 Å². The molecule has 21 heavy (non-hydrogen) atoms. The SMILES string of the molecule is Cc1cc(C(=O)NC(C)Cc2ccccc2)cc(NN)n1. The van der Waals surface area contributed by atoms with E-state index in [1.54, 1.807) is 12.1 Å². The second-order valence-electron chi connectivity index (χ2n) is 5.09. The molecule has 0 radical (unpaired) electrons. The Morgan fingerprint density at radius 3 is 2.67 bits per heavy atom. The summed E-state index contributed by atoms with van der Waals surface area (Å²) in [6.45, 7) is 3.81. The highest BCUT2D eigenvalue weighted by atomic mass is 16.1. The van der Waals surface area contributed by atoms with Gasteiger partial charge < -0.3 is 10.7 Å². The summed E-state index contributed by atoms with van der Waals surface area (Å²) < 4.78 is 0. The van der Waals surface area contributed by atoms with Crippen LogP contribution >= 0.6 is 0 Å². The Morgan fingerprint density at radius 1 is 1.29 bits per heavy atom. The van der Waals surface area contributed by atoms with Gasteiger partial charge in [0.25, 0.3) is 5.91 Å². The Hall–Kier alpha value is -2.40. The molecular formula is C16H20N4O. The number of nitrogens with two attached hydrogens (primary N) is 1. The first kappa shape index (κ1) is 15.0. The van der Waals surface area contributed by atoms with Crippen LogP contribution in [0.2, 0.25) is 0 Å². The van der Waals surface area contributed by atoms with E-state index in [2.05, 4.69) is 27.9 Å². The number of carbonyl (C=O) groups excluding carboxylic acids is 1. The van der Waals surface area contributed by atoms with E-state index in [4.69, 9.17) is 5.84 Å². The van der Waals surface area contributed by atoms with Crippen LogP contribution in [0.15, 0.2) is 42.5 Å². The molecule has 0 fully saturated rings. The van der Waals surface area contributed by atoms with E-state index in [0.717, 1.165) is 12.1 Å². The highest BCUT2D eigenvalue weighted by Crippen LogP contribution is 2.10. The van der Waals surface area contributed by atoms with Gasteiger partial charge in [0, 0.05) is 17.3 Å². The molecule has 0 aliphatic rings. The van der Waals surface area contributed by atoms with Gasteiger partial charge in [-0.2, -0.15) is 0 Å². The smallest absolute Gasteiger partial charge is 0.251 e. The van der Waals surface area contributed by atoms with Crippen LogP contribution in [0.4, 0.5) is 5.82 Å². The van der Waals surface area contributed by atoms with E-state index in [-0.39, 0.29) is 11.9 Å². The molecule has 1 amide bonds. The molecule has 5 nitrogen and oxygen atoms in total. The number of nitrogens with one attached hydrogen (secondary N) is 2. The summed E-state index contributed by atoms with van der Waals surface area (Å²) in [4.78, 5) is 16.4. The molecule has 1 aromatic heterocycles. The quantitative estimate of drug-likeness (QED) is 0.580. The van der Waals surface area contributed by atoms with Crippen LogP contribution in [0.1, 0.15) is 28.5 Å². The summed E-state index contributed by atoms with van der Waals surface area (Å²) in [6.07, 6.45) is 0.790. The lowest BCUT2D eigenvalue weighted by Gasteiger charge is -2.14. The van der Waals surface area contributed by atoms with Gasteiger partial charge in [-0.15, -0.1) is 0 Å². The monoisotopic (exact) mass is 284 g/mol. The van der Waals surface area contributed by atoms with Gasteiger partial charge in [-0.3, -0.25) is 4.79 Å². The summed E-state index contributed by atoms with van der Waals surface area (Å²) in [6, 6.07) is 13.5. The minimum atomic E-state index is -0.125. The molecule has 2 rings (SSSR count). The van der Waals surface area contributed by atoms with Gasteiger partial charge in [0.15, 0.2) is 0 Å². The number of benzene rings is 1. The van der Waals surface area contributed by atoms with Crippen molar-refractivity contribution < 1.29 is 4.79 Å². The highest BCUT2D eigenvalue weighted by molar-refractivity contribution is 5.95. The second-order valence-corrected chi connectivity index (χ2v) is 5.09. The van der Waals surface area contributed by atoms with Crippen molar-refractivity contribution in [1.82, 2.24) is 10.3 Å². The Balaban J connectivity index is 2.02. The number of carbonyl (C=O) groups is 1. The predicted octanol–water partition coefficient (Wildman–Crippen LogP) is 2.04. The Bertz CT molecular complexity index is 613. The third-order valence-corrected chi connectivity index (χ3v) is 3.13. The number of nitrogens with zero attached hydrogens (tertiary/aromatic N) is 1. The first-order valence-corrected chi connectivity index (χ1v) is 6.88. The van der Waals surface area contributed by atoms with Gasteiger partial charge in [-0.25, -0.2) is 10.8 Å². The van der Waals surface area contributed by atoms with E-state index in [1.165, 1.54) is 5.56 Å². The molecule has 4 N–H and O–H groups in total. The van der Waals surface area contributed by atoms with Crippen LogP contribution in [0.25, 0.3) is 0 Å². The standard InChI is InChI=1S/C16H20N4O/c1-11(8-13-6-4-3-5-7-13)19-16(21)14-9-12(2)18-15(10-14)20-17/h3-7,9-11H,8,17H2,1-2H3,(H,18,20)(H,19,21). The molecule has 2 aromatic rings. The van der Waals surface area contributed by atoms with Crippen molar-refractivity contribution in [2.45, 2.75) is 26.3 Å². The fraction of sp³-hybridized carbons (Fsp3) is 0.250. The van der Waals surface area contributed by atoms with Crippen molar-refractivity contribution in [2.75, 3.05) is 5.43 Å². The summed E-state index contributed by atoms with van der Waals surface area (Å²) in [5.41, 5.74) is 4.95. The van der Waals surface area contributed by atoms with Crippen LogP contribution in [0.3, 0.4) is 0 Å². The van der Waals surface area contributed by atoms with Crippen LogP contribution in [0, 0.1) is 6.92 Å². The summed E-state index contributed by atoms with van der Waals surface area (Å²) >= 11 is 0. The number of rotatable bonds is 5. The molecule has 0 aliphatic carbocycles. The normalized spacial score (nSPS) is 11.8. The fourth-order valence-corrected chi connectivity index (χ4v) is 2.20. The molecule has 1 heterocycles. The number of hydrazine groups is 1. The number of aryl methyl sites for hydroxylation is 1. The summed E-state index contributed by atoms with van der Waals surface area (Å²) in [5, 5.41) is 2.99. The Kier molecular flexibility index (Phi) is 4.90. The van der Waals surface area contributed by atoms with Gasteiger partial charge in [-0.05, 0) is 38.0 Å². The minimum Gasteiger partial charge on any atom is -0.349 e. The molecule has 1 atom stereocenters. The van der Waals surface area contributed by atoms with E-state index < -0.39 is 0 Å². The molecule has 0 saturated heterocycles. The lowest BCUT2D eigenvalue weighted by molar-refractivity contribution is 0.0940. The van der Waals surface area contributed by atoms with E-state index >= 15 is 0 Å². The highest BCUT2D eigenvalue weighted by Gasteiger charge is 2.12. The van der Waals surface area contributed by atoms with Crippen molar-refractivity contribution in [3.8, 4) is 0 Å². The number of amides is 1. The van der Waals surface area contributed by atoms with Gasteiger partial charge in [0.2, 0.25) is 0 Å². The predicted molar refractivity (Wildman–Crippen MR) is 83.9 cm³/mol. The number of nitrogen functional groups attached to an aromatic ring is 1. The average molecular weight is 284 g/mol. The first-order valence-electron chi connectivity index (χ1n) is 6.88. The maximum atomic E-state index is 12.3. The summed E-state index contributed by atoms with van der Waals surface area (Å²) in [7, 11) is 0. The third kappa shape index (κ3) is 4.29. The maximum absolute atomic E-state index is 12.3. The van der Waals surface area contributed by atoms with Crippen molar-refractivity contribution in [3.63, 3.8) is 0 Å². The van der Waals surface area contributed by atoms with Gasteiger partial charge in [0.05, 0.1) is 0 Å². The largest absolute Gasteiger partial charge is 0.349 e. The topological polar surface area (TPSA) is 80.0 Å². The maximum Gasteiger partial charge on any atom is 0.251 e. The molecule has 0 bridgehead atoms. The average Bonchev–Trinajstić information content (AvgIpc) is 2.47. The number of hydrogen-bond acceptors (Lipinski definition) is 4. The zero-order valence-electron chi connectivity index (χ0n) is 12.3. The first-order chi connectivity index (χ1) is 10.1. The third-order valence-electron chi connectivity index (χ3n) is 3.13. The van der Waals surface area contributed by atoms with Crippen molar-refractivity contribution >= 4 is 11.7 Å². The molecule has 0 saturated carbocycles. The minimum absolute atomic E-state index is 0.0441. The number of aromatic nitrogens is 1. The van der Waals surface area contributed by atoms with Crippen LogP contribution in [0.5, 0.6) is 0 Å². The van der Waals surface area contributed by atoms with Crippen molar-refractivity contribution in [1.29, 1.82) is 0 Å². The Labute approximate surface area is 124 Å². The number of hydrogen-bond donors (Lipinski definition) is 3. The molecule has 1 unspecified atom stereocenters. The fourth-order valence-electron chi connectivity index (χ4n) is 2.20. The number of anilines is 1. The van der Waals surface area contributed by atoms with Crippen LogP contribution < -0.4 is 16.6 Å². The van der Waals surface area contributed by atoms with Gasteiger partial charge >= 0.3 is 0 Å². The molecule has 1 aromatic carbocycles. The lowest BCUT2D eigenvalue weighted by Crippen LogP contribution is -2.34. The molecule has 0 aliphatic heterocycles. The van der Waals surface area contributed by atoms with Crippen molar-refractivity contribution in [3.05, 3.63) is 59.3 Å². The van der Waals surface area contributed by atoms with Gasteiger partial charge in [0.1, 0.15) is 5.82 Å². The zero-order chi connectivity index (χ0) is 15.2. The molecular weight excluding hydrogens is 264 g/mol.